The minimum atomic E-state index is -0.847. The van der Waals surface area contributed by atoms with Gasteiger partial charge in [0.05, 0.1) is 5.69 Å². The second-order valence-corrected chi connectivity index (χ2v) is 7.47. The molecule has 3 aliphatic rings. The van der Waals surface area contributed by atoms with Crippen LogP contribution in [0.5, 0.6) is 5.75 Å². The summed E-state index contributed by atoms with van der Waals surface area (Å²) in [5.74, 6) is -0.577. The van der Waals surface area contributed by atoms with Crippen molar-refractivity contribution in [1.82, 2.24) is 10.2 Å². The van der Waals surface area contributed by atoms with Crippen molar-refractivity contribution in [3.05, 3.63) is 18.2 Å². The monoisotopic (exact) mass is 386 g/mol. The Morgan fingerprint density at radius 3 is 2.75 bits per heavy atom. The van der Waals surface area contributed by atoms with Gasteiger partial charge in [0.25, 0.3) is 11.8 Å². The number of hydrogen-bond acceptors (Lipinski definition) is 5. The Hall–Kier alpha value is -3.10. The van der Waals surface area contributed by atoms with Crippen LogP contribution >= 0.6 is 0 Å². The molecule has 1 unspecified atom stereocenters. The summed E-state index contributed by atoms with van der Waals surface area (Å²) in [6, 6.07) is 4.33. The van der Waals surface area contributed by atoms with Crippen molar-refractivity contribution in [3.8, 4) is 5.75 Å². The highest BCUT2D eigenvalue weighted by molar-refractivity contribution is 6.10. The van der Waals surface area contributed by atoms with E-state index < -0.39 is 23.6 Å². The van der Waals surface area contributed by atoms with Gasteiger partial charge in [0, 0.05) is 5.69 Å². The molecule has 1 saturated carbocycles. The number of nitrogens with one attached hydrogen (secondary N) is 3. The number of amides is 5. The van der Waals surface area contributed by atoms with Gasteiger partial charge in [-0.25, -0.2) is 4.79 Å². The van der Waals surface area contributed by atoms with E-state index in [-0.39, 0.29) is 18.4 Å². The van der Waals surface area contributed by atoms with Crippen LogP contribution in [-0.4, -0.2) is 46.8 Å². The van der Waals surface area contributed by atoms with E-state index in [0.29, 0.717) is 30.0 Å². The zero-order valence-corrected chi connectivity index (χ0v) is 15.5. The molecule has 1 saturated heterocycles. The zero-order valence-electron chi connectivity index (χ0n) is 15.5. The Balaban J connectivity index is 1.42. The molecule has 5 amide bonds. The van der Waals surface area contributed by atoms with Crippen LogP contribution in [-0.2, 0) is 14.4 Å². The van der Waals surface area contributed by atoms with Crippen molar-refractivity contribution >= 4 is 35.1 Å². The fourth-order valence-corrected chi connectivity index (χ4v) is 3.94. The van der Waals surface area contributed by atoms with E-state index in [0.717, 1.165) is 24.2 Å². The summed E-state index contributed by atoms with van der Waals surface area (Å²) >= 11 is 0. The van der Waals surface area contributed by atoms with Crippen molar-refractivity contribution in [1.29, 1.82) is 0 Å². The predicted octanol–water partition coefficient (Wildman–Crippen LogP) is 1.60. The van der Waals surface area contributed by atoms with Crippen LogP contribution in [0.2, 0.25) is 0 Å². The minimum absolute atomic E-state index is 0.270. The van der Waals surface area contributed by atoms with Crippen molar-refractivity contribution in [2.24, 2.45) is 0 Å². The molecule has 1 aromatic carbocycles. The lowest BCUT2D eigenvalue weighted by molar-refractivity contribution is -0.134. The number of imide groups is 1. The first-order valence-electron chi connectivity index (χ1n) is 9.43. The lowest BCUT2D eigenvalue weighted by Crippen LogP contribution is -2.48. The number of benzene rings is 1. The van der Waals surface area contributed by atoms with Crippen LogP contribution in [0.4, 0.5) is 16.2 Å². The summed E-state index contributed by atoms with van der Waals surface area (Å²) in [6.45, 7) is 1.29. The largest absolute Gasteiger partial charge is 0.479 e. The molecule has 2 heterocycles. The zero-order chi connectivity index (χ0) is 19.9. The molecule has 2 aliphatic heterocycles. The number of carbonyl (C=O) groups excluding carboxylic acids is 4. The van der Waals surface area contributed by atoms with E-state index in [1.54, 1.807) is 25.1 Å². The average molecular weight is 386 g/mol. The smallest absolute Gasteiger partial charge is 0.325 e. The summed E-state index contributed by atoms with van der Waals surface area (Å²) < 4.78 is 5.47. The highest BCUT2D eigenvalue weighted by atomic mass is 16.5. The number of hydrogen-bond donors (Lipinski definition) is 3. The van der Waals surface area contributed by atoms with Crippen LogP contribution < -0.4 is 20.7 Å². The van der Waals surface area contributed by atoms with Gasteiger partial charge in [0.15, 0.2) is 6.10 Å². The number of rotatable bonds is 3. The van der Waals surface area contributed by atoms with Gasteiger partial charge in [-0.1, -0.05) is 19.3 Å². The Kier molecular flexibility index (Phi) is 4.44. The Morgan fingerprint density at radius 2 is 2.00 bits per heavy atom. The fourth-order valence-electron chi connectivity index (χ4n) is 3.94. The summed E-state index contributed by atoms with van der Waals surface area (Å²) in [4.78, 5) is 50.1. The molecule has 9 heteroatoms. The minimum Gasteiger partial charge on any atom is -0.479 e. The number of ether oxygens (including phenoxy) is 1. The summed E-state index contributed by atoms with van der Waals surface area (Å²) in [6.07, 6.45) is 3.45. The Bertz CT molecular complexity index is 862. The maximum atomic E-state index is 12.7. The topological polar surface area (TPSA) is 117 Å². The highest BCUT2D eigenvalue weighted by Crippen LogP contribution is 2.34. The molecule has 4 rings (SSSR count). The average Bonchev–Trinajstić information content (AvgIpc) is 2.87. The van der Waals surface area contributed by atoms with Crippen LogP contribution in [0.3, 0.4) is 0 Å². The van der Waals surface area contributed by atoms with Gasteiger partial charge in [-0.3, -0.25) is 19.3 Å². The second kappa shape index (κ2) is 6.81. The molecule has 1 aromatic rings. The fraction of sp³-hybridized carbons (Fsp3) is 0.474. The van der Waals surface area contributed by atoms with Gasteiger partial charge in [-0.15, -0.1) is 0 Å². The van der Waals surface area contributed by atoms with Crippen molar-refractivity contribution in [2.45, 2.75) is 50.7 Å². The molecule has 9 nitrogen and oxygen atoms in total. The van der Waals surface area contributed by atoms with Crippen LogP contribution in [0.25, 0.3) is 0 Å². The predicted molar refractivity (Wildman–Crippen MR) is 99.9 cm³/mol. The SMILES string of the molecule is CC1Oc2ccc(NC(=O)CN3C(=O)NC4(CCCCC4)C3=O)cc2NC1=O. The van der Waals surface area contributed by atoms with Gasteiger partial charge >= 0.3 is 6.03 Å². The van der Waals surface area contributed by atoms with E-state index in [1.807, 2.05) is 0 Å². The third kappa shape index (κ3) is 3.17. The molecular weight excluding hydrogens is 364 g/mol. The molecule has 1 spiro atoms. The second-order valence-electron chi connectivity index (χ2n) is 7.47. The van der Waals surface area contributed by atoms with E-state index in [1.165, 1.54) is 0 Å². The molecule has 0 radical (unpaired) electrons. The third-order valence-corrected chi connectivity index (χ3v) is 5.45. The normalized spacial score (nSPS) is 23.0. The molecule has 148 valence electrons. The van der Waals surface area contributed by atoms with E-state index >= 15 is 0 Å². The van der Waals surface area contributed by atoms with Crippen molar-refractivity contribution in [2.75, 3.05) is 17.2 Å². The summed E-state index contributed by atoms with van der Waals surface area (Å²) in [7, 11) is 0. The first kappa shape index (κ1) is 18.3. The van der Waals surface area contributed by atoms with Crippen molar-refractivity contribution < 1.29 is 23.9 Å². The van der Waals surface area contributed by atoms with Gasteiger partial charge in [-0.2, -0.15) is 0 Å². The lowest BCUT2D eigenvalue weighted by atomic mass is 9.82. The first-order valence-corrected chi connectivity index (χ1v) is 9.43. The maximum absolute atomic E-state index is 12.7. The lowest BCUT2D eigenvalue weighted by Gasteiger charge is -2.30. The highest BCUT2D eigenvalue weighted by Gasteiger charge is 2.51. The number of anilines is 2. The number of nitrogens with zero attached hydrogens (tertiary/aromatic N) is 1. The number of fused-ring (bicyclic) bond motifs is 1. The van der Waals surface area contributed by atoms with Gasteiger partial charge in [0.1, 0.15) is 17.8 Å². The van der Waals surface area contributed by atoms with Gasteiger partial charge in [-0.05, 0) is 38.0 Å². The van der Waals surface area contributed by atoms with Gasteiger partial charge < -0.3 is 20.7 Å². The van der Waals surface area contributed by atoms with Crippen LogP contribution in [0.1, 0.15) is 39.0 Å². The first-order chi connectivity index (χ1) is 13.4. The summed E-state index contributed by atoms with van der Waals surface area (Å²) in [5, 5.41) is 8.14. The standard InChI is InChI=1S/C19H22N4O5/c1-11-16(25)21-13-9-12(5-6-14(13)28-11)20-15(24)10-23-17(26)19(22-18(23)27)7-3-2-4-8-19/h5-6,9,11H,2-4,7-8,10H2,1H3,(H,20,24)(H,21,25)(H,22,27). The molecule has 0 bridgehead atoms. The Morgan fingerprint density at radius 1 is 1.25 bits per heavy atom. The Labute approximate surface area is 161 Å². The van der Waals surface area contributed by atoms with Crippen LogP contribution in [0.15, 0.2) is 18.2 Å². The molecule has 2 fully saturated rings. The molecule has 1 aliphatic carbocycles. The third-order valence-electron chi connectivity index (χ3n) is 5.45. The van der Waals surface area contributed by atoms with E-state index in [9.17, 15) is 19.2 Å². The molecule has 3 N–H and O–H groups in total. The number of urea groups is 1. The molecule has 1 atom stereocenters. The summed E-state index contributed by atoms with van der Waals surface area (Å²) in [5.41, 5.74) is 0.0402. The van der Waals surface area contributed by atoms with Crippen molar-refractivity contribution in [3.63, 3.8) is 0 Å². The van der Waals surface area contributed by atoms with Crippen LogP contribution in [0, 0.1) is 0 Å². The van der Waals surface area contributed by atoms with E-state index in [2.05, 4.69) is 16.0 Å². The molecule has 0 aromatic heterocycles. The molecular formula is C19H22N4O5. The molecule has 28 heavy (non-hydrogen) atoms. The number of carbonyl (C=O) groups is 4. The maximum Gasteiger partial charge on any atom is 0.325 e. The van der Waals surface area contributed by atoms with Gasteiger partial charge in [0.2, 0.25) is 5.91 Å². The van der Waals surface area contributed by atoms with E-state index in [4.69, 9.17) is 4.74 Å². The quantitative estimate of drug-likeness (QED) is 0.682.